The van der Waals surface area contributed by atoms with E-state index in [2.05, 4.69) is 18.9 Å². The van der Waals surface area contributed by atoms with E-state index in [1.807, 2.05) is 4.90 Å². The molecule has 0 radical (unpaired) electrons. The van der Waals surface area contributed by atoms with Crippen molar-refractivity contribution in [3.05, 3.63) is 0 Å². The number of carbonyl (C=O) groups excluding carboxylic acids is 1. The third-order valence-corrected chi connectivity index (χ3v) is 4.17. The first-order valence-electron chi connectivity index (χ1n) is 6.27. The van der Waals surface area contributed by atoms with E-state index in [0.717, 1.165) is 32.5 Å². The summed E-state index contributed by atoms with van der Waals surface area (Å²) in [5.41, 5.74) is 5.94. The van der Waals surface area contributed by atoms with Crippen LogP contribution in [0.1, 0.15) is 32.6 Å². The van der Waals surface area contributed by atoms with Crippen LogP contribution in [0.4, 0.5) is 0 Å². The summed E-state index contributed by atoms with van der Waals surface area (Å²) in [5, 5.41) is 0. The largest absolute Gasteiger partial charge is 0.340 e. The van der Waals surface area contributed by atoms with Gasteiger partial charge < -0.3 is 15.5 Å². The standard InChI is InChI=1S/C12H23N3O/c1-10-9-15(7-6-14(10)2)11(16)8-12(13)4-3-5-12/h10H,3-9,13H2,1-2H3. The van der Waals surface area contributed by atoms with E-state index in [1.54, 1.807) is 0 Å². The van der Waals surface area contributed by atoms with Crippen molar-refractivity contribution in [3.8, 4) is 0 Å². The SMILES string of the molecule is CC1CN(C(=O)CC2(N)CCC2)CCN1C. The van der Waals surface area contributed by atoms with Gasteiger partial charge in [0, 0.05) is 37.6 Å². The molecule has 2 N–H and O–H groups in total. The van der Waals surface area contributed by atoms with Crippen LogP contribution in [0.5, 0.6) is 0 Å². The number of hydrogen-bond donors (Lipinski definition) is 1. The van der Waals surface area contributed by atoms with Crippen LogP contribution < -0.4 is 5.73 Å². The number of likely N-dealkylation sites (N-methyl/N-ethyl adjacent to an activating group) is 1. The molecule has 1 saturated carbocycles. The van der Waals surface area contributed by atoms with Gasteiger partial charge in [-0.15, -0.1) is 0 Å². The molecule has 0 bridgehead atoms. The van der Waals surface area contributed by atoms with Crippen molar-refractivity contribution in [2.75, 3.05) is 26.7 Å². The molecule has 1 unspecified atom stereocenters. The van der Waals surface area contributed by atoms with E-state index >= 15 is 0 Å². The summed E-state index contributed by atoms with van der Waals surface area (Å²) in [7, 11) is 2.11. The van der Waals surface area contributed by atoms with Crippen LogP contribution in [-0.2, 0) is 4.79 Å². The van der Waals surface area contributed by atoms with Crippen molar-refractivity contribution in [2.45, 2.75) is 44.2 Å². The normalized spacial score (nSPS) is 29.9. The minimum absolute atomic E-state index is 0.177. The van der Waals surface area contributed by atoms with Crippen molar-refractivity contribution in [3.63, 3.8) is 0 Å². The highest BCUT2D eigenvalue weighted by Gasteiger charge is 2.36. The number of carbonyl (C=O) groups is 1. The number of nitrogens with two attached hydrogens (primary N) is 1. The molecule has 4 heteroatoms. The van der Waals surface area contributed by atoms with Crippen LogP contribution in [0.3, 0.4) is 0 Å². The molecule has 1 amide bonds. The van der Waals surface area contributed by atoms with Gasteiger partial charge in [0.1, 0.15) is 0 Å². The van der Waals surface area contributed by atoms with Crippen LogP contribution in [0.15, 0.2) is 0 Å². The molecule has 4 nitrogen and oxygen atoms in total. The van der Waals surface area contributed by atoms with Gasteiger partial charge in [0.05, 0.1) is 0 Å². The molecule has 2 fully saturated rings. The van der Waals surface area contributed by atoms with Gasteiger partial charge in [-0.1, -0.05) is 0 Å². The zero-order chi connectivity index (χ0) is 11.8. The molecule has 1 aliphatic heterocycles. The summed E-state index contributed by atoms with van der Waals surface area (Å²) >= 11 is 0. The zero-order valence-corrected chi connectivity index (χ0v) is 10.4. The second-order valence-corrected chi connectivity index (χ2v) is 5.56. The Balaban J connectivity index is 1.85. The number of piperazine rings is 1. The van der Waals surface area contributed by atoms with E-state index in [4.69, 9.17) is 5.73 Å². The number of nitrogens with zero attached hydrogens (tertiary/aromatic N) is 2. The van der Waals surface area contributed by atoms with Crippen LogP contribution in [-0.4, -0.2) is 54.0 Å². The van der Waals surface area contributed by atoms with E-state index in [9.17, 15) is 4.79 Å². The fraction of sp³-hybridized carbons (Fsp3) is 0.917. The lowest BCUT2D eigenvalue weighted by molar-refractivity contribution is -0.135. The molecule has 1 saturated heterocycles. The average Bonchev–Trinajstić information content (AvgIpc) is 2.19. The van der Waals surface area contributed by atoms with Gasteiger partial charge in [-0.25, -0.2) is 0 Å². The van der Waals surface area contributed by atoms with Gasteiger partial charge in [0.15, 0.2) is 0 Å². The van der Waals surface area contributed by atoms with Crippen molar-refractivity contribution < 1.29 is 4.79 Å². The molecule has 0 aromatic heterocycles. The first kappa shape index (κ1) is 11.9. The van der Waals surface area contributed by atoms with Crippen molar-refractivity contribution >= 4 is 5.91 Å². The number of hydrogen-bond acceptors (Lipinski definition) is 3. The van der Waals surface area contributed by atoms with Gasteiger partial charge in [-0.3, -0.25) is 4.79 Å². The Morgan fingerprint density at radius 1 is 1.44 bits per heavy atom. The molecular formula is C12H23N3O. The molecule has 2 rings (SSSR count). The second kappa shape index (κ2) is 4.34. The Morgan fingerprint density at radius 2 is 2.12 bits per heavy atom. The van der Waals surface area contributed by atoms with Gasteiger partial charge in [0.25, 0.3) is 0 Å². The maximum Gasteiger partial charge on any atom is 0.224 e. The summed E-state index contributed by atoms with van der Waals surface area (Å²) in [6.45, 7) is 4.85. The molecule has 2 aliphatic rings. The maximum atomic E-state index is 12.1. The van der Waals surface area contributed by atoms with Crippen molar-refractivity contribution in [1.82, 2.24) is 9.80 Å². The summed E-state index contributed by atoms with van der Waals surface area (Å²) < 4.78 is 0. The van der Waals surface area contributed by atoms with Gasteiger partial charge in [-0.05, 0) is 33.2 Å². The lowest BCUT2D eigenvalue weighted by atomic mass is 9.75. The van der Waals surface area contributed by atoms with Crippen LogP contribution in [0.2, 0.25) is 0 Å². The maximum absolute atomic E-state index is 12.1. The van der Waals surface area contributed by atoms with Crippen molar-refractivity contribution in [1.29, 1.82) is 0 Å². The molecule has 1 heterocycles. The quantitative estimate of drug-likeness (QED) is 0.741. The van der Waals surface area contributed by atoms with Gasteiger partial charge in [0.2, 0.25) is 5.91 Å². The fourth-order valence-corrected chi connectivity index (χ4v) is 2.50. The predicted octanol–water partition coefficient (Wildman–Crippen LogP) is 0.420. The Morgan fingerprint density at radius 3 is 2.62 bits per heavy atom. The molecule has 0 aromatic rings. The zero-order valence-electron chi connectivity index (χ0n) is 10.4. The molecule has 1 aliphatic carbocycles. The third kappa shape index (κ3) is 2.38. The van der Waals surface area contributed by atoms with Crippen LogP contribution >= 0.6 is 0 Å². The van der Waals surface area contributed by atoms with Gasteiger partial charge >= 0.3 is 0 Å². The van der Waals surface area contributed by atoms with E-state index in [-0.39, 0.29) is 11.4 Å². The molecular weight excluding hydrogens is 202 g/mol. The summed E-state index contributed by atoms with van der Waals surface area (Å²) in [6, 6.07) is 0.466. The minimum Gasteiger partial charge on any atom is -0.340 e. The number of rotatable bonds is 2. The molecule has 92 valence electrons. The minimum atomic E-state index is -0.177. The summed E-state index contributed by atoms with van der Waals surface area (Å²) in [5.74, 6) is 0.252. The van der Waals surface area contributed by atoms with Gasteiger partial charge in [-0.2, -0.15) is 0 Å². The molecule has 1 atom stereocenters. The van der Waals surface area contributed by atoms with E-state index in [0.29, 0.717) is 12.5 Å². The van der Waals surface area contributed by atoms with E-state index in [1.165, 1.54) is 6.42 Å². The Labute approximate surface area is 97.8 Å². The Hall–Kier alpha value is -0.610. The third-order valence-electron chi connectivity index (χ3n) is 4.17. The van der Waals surface area contributed by atoms with E-state index < -0.39 is 0 Å². The predicted molar refractivity (Wildman–Crippen MR) is 64.1 cm³/mol. The highest BCUT2D eigenvalue weighted by Crippen LogP contribution is 2.32. The summed E-state index contributed by atoms with van der Waals surface area (Å²) in [6.07, 6.45) is 3.76. The van der Waals surface area contributed by atoms with Crippen molar-refractivity contribution in [2.24, 2.45) is 5.73 Å². The Bertz CT molecular complexity index is 275. The lowest BCUT2D eigenvalue weighted by Crippen LogP contribution is -2.55. The number of amides is 1. The topological polar surface area (TPSA) is 49.6 Å². The van der Waals surface area contributed by atoms with Crippen LogP contribution in [0, 0.1) is 0 Å². The highest BCUT2D eigenvalue weighted by atomic mass is 16.2. The summed E-state index contributed by atoms with van der Waals surface area (Å²) in [4.78, 5) is 16.4. The Kier molecular flexibility index (Phi) is 3.22. The monoisotopic (exact) mass is 225 g/mol. The first-order chi connectivity index (χ1) is 7.50. The smallest absolute Gasteiger partial charge is 0.224 e. The fourth-order valence-electron chi connectivity index (χ4n) is 2.50. The molecule has 16 heavy (non-hydrogen) atoms. The first-order valence-corrected chi connectivity index (χ1v) is 6.27. The molecule has 0 aromatic carbocycles. The second-order valence-electron chi connectivity index (χ2n) is 5.56. The van der Waals surface area contributed by atoms with Crippen LogP contribution in [0.25, 0.3) is 0 Å². The highest BCUT2D eigenvalue weighted by molar-refractivity contribution is 5.77. The average molecular weight is 225 g/mol. The molecule has 0 spiro atoms. The lowest BCUT2D eigenvalue weighted by Gasteiger charge is -2.42.